The lowest BCUT2D eigenvalue weighted by Gasteiger charge is -2.12. The summed E-state index contributed by atoms with van der Waals surface area (Å²) in [6.07, 6.45) is 8.53. The Morgan fingerprint density at radius 1 is 1.27 bits per heavy atom. The first-order valence-corrected chi connectivity index (χ1v) is 8.64. The molecule has 0 fully saturated rings. The number of hydrogen-bond acceptors (Lipinski definition) is 5. The van der Waals surface area contributed by atoms with E-state index >= 15 is 0 Å². The Kier molecular flexibility index (Phi) is 4.50. The summed E-state index contributed by atoms with van der Waals surface area (Å²) in [5.74, 6) is -0.310. The third kappa shape index (κ3) is 3.11. The fourth-order valence-electron chi connectivity index (χ4n) is 3.03. The predicted molar refractivity (Wildman–Crippen MR) is 97.8 cm³/mol. The molecule has 132 valence electrons. The molecule has 0 atom stereocenters. The molecule has 0 saturated carbocycles. The van der Waals surface area contributed by atoms with Gasteiger partial charge >= 0.3 is 5.97 Å². The summed E-state index contributed by atoms with van der Waals surface area (Å²) >= 11 is 0. The van der Waals surface area contributed by atoms with Gasteiger partial charge in [0.2, 0.25) is 0 Å². The van der Waals surface area contributed by atoms with Crippen LogP contribution in [0.5, 0.6) is 0 Å². The van der Waals surface area contributed by atoms with Crippen LogP contribution in [0.4, 0.5) is 0 Å². The van der Waals surface area contributed by atoms with Gasteiger partial charge in [0.1, 0.15) is 0 Å². The molecule has 0 amide bonds. The molecule has 3 heterocycles. The summed E-state index contributed by atoms with van der Waals surface area (Å²) in [6.45, 7) is 3.52. The summed E-state index contributed by atoms with van der Waals surface area (Å²) < 4.78 is 12.2. The highest BCUT2D eigenvalue weighted by Crippen LogP contribution is 2.26. The van der Waals surface area contributed by atoms with Gasteiger partial charge < -0.3 is 9.47 Å². The number of carbonyl (C=O) groups is 1. The molecule has 3 aromatic rings. The van der Waals surface area contributed by atoms with Gasteiger partial charge in [-0.1, -0.05) is 18.2 Å². The molecule has 1 aromatic carbocycles. The molecular formula is C20H19N3O3. The zero-order valence-electron chi connectivity index (χ0n) is 14.5. The van der Waals surface area contributed by atoms with Crippen molar-refractivity contribution >= 4 is 17.1 Å². The first kappa shape index (κ1) is 16.5. The smallest absolute Gasteiger partial charge is 0.338 e. The monoisotopic (exact) mass is 349 g/mol. The lowest BCUT2D eigenvalue weighted by molar-refractivity contribution is 0.0526. The SMILES string of the molecule is CCOC(=O)c1ccc(-c2cnn3cc(C4=CCOCC4)ncc23)cc1. The van der Waals surface area contributed by atoms with Crippen LogP contribution in [0.25, 0.3) is 22.2 Å². The van der Waals surface area contributed by atoms with E-state index in [0.29, 0.717) is 18.8 Å². The molecule has 0 aliphatic carbocycles. The van der Waals surface area contributed by atoms with Crippen molar-refractivity contribution in [3.63, 3.8) is 0 Å². The summed E-state index contributed by atoms with van der Waals surface area (Å²) in [6, 6.07) is 7.34. The van der Waals surface area contributed by atoms with E-state index in [9.17, 15) is 4.79 Å². The minimum Gasteiger partial charge on any atom is -0.462 e. The third-order valence-electron chi connectivity index (χ3n) is 4.40. The van der Waals surface area contributed by atoms with Crippen LogP contribution in [0.2, 0.25) is 0 Å². The van der Waals surface area contributed by atoms with Gasteiger partial charge in [0, 0.05) is 5.56 Å². The topological polar surface area (TPSA) is 65.7 Å². The van der Waals surface area contributed by atoms with Crippen molar-refractivity contribution < 1.29 is 14.3 Å². The highest BCUT2D eigenvalue weighted by Gasteiger charge is 2.13. The molecule has 0 N–H and O–H groups in total. The predicted octanol–water partition coefficient (Wildman–Crippen LogP) is 3.38. The second-order valence-corrected chi connectivity index (χ2v) is 6.01. The summed E-state index contributed by atoms with van der Waals surface area (Å²) in [5, 5.41) is 4.46. The lowest BCUT2D eigenvalue weighted by atomic mass is 10.1. The zero-order valence-corrected chi connectivity index (χ0v) is 14.5. The van der Waals surface area contributed by atoms with Gasteiger partial charge in [-0.15, -0.1) is 0 Å². The molecule has 2 aromatic heterocycles. The highest BCUT2D eigenvalue weighted by molar-refractivity contribution is 5.90. The van der Waals surface area contributed by atoms with Crippen molar-refractivity contribution in [2.24, 2.45) is 0 Å². The summed E-state index contributed by atoms with van der Waals surface area (Å²) in [5.41, 5.74) is 5.53. The van der Waals surface area contributed by atoms with E-state index in [2.05, 4.69) is 16.2 Å². The lowest BCUT2D eigenvalue weighted by Crippen LogP contribution is -2.05. The number of benzene rings is 1. The molecule has 0 spiro atoms. The van der Waals surface area contributed by atoms with Gasteiger partial charge in [-0.25, -0.2) is 9.31 Å². The van der Waals surface area contributed by atoms with Gasteiger partial charge in [-0.05, 0) is 36.6 Å². The van der Waals surface area contributed by atoms with Crippen LogP contribution < -0.4 is 0 Å². The van der Waals surface area contributed by atoms with Gasteiger partial charge in [-0.2, -0.15) is 5.10 Å². The maximum absolute atomic E-state index is 11.8. The van der Waals surface area contributed by atoms with Crippen LogP contribution >= 0.6 is 0 Å². The van der Waals surface area contributed by atoms with Crippen LogP contribution in [0.15, 0.2) is 48.9 Å². The second kappa shape index (κ2) is 7.09. The van der Waals surface area contributed by atoms with Crippen molar-refractivity contribution in [2.45, 2.75) is 13.3 Å². The number of carbonyl (C=O) groups excluding carboxylic acids is 1. The molecule has 1 aliphatic rings. The Balaban J connectivity index is 1.65. The molecule has 26 heavy (non-hydrogen) atoms. The summed E-state index contributed by atoms with van der Waals surface area (Å²) in [4.78, 5) is 16.4. The minimum atomic E-state index is -0.310. The van der Waals surface area contributed by atoms with Crippen molar-refractivity contribution in [3.05, 3.63) is 60.2 Å². The largest absolute Gasteiger partial charge is 0.462 e. The average Bonchev–Trinajstić information content (AvgIpc) is 3.12. The number of nitrogens with zero attached hydrogens (tertiary/aromatic N) is 3. The van der Waals surface area contributed by atoms with Crippen LogP contribution in [-0.2, 0) is 9.47 Å². The number of fused-ring (bicyclic) bond motifs is 1. The molecule has 0 unspecified atom stereocenters. The van der Waals surface area contributed by atoms with E-state index in [1.54, 1.807) is 19.1 Å². The molecule has 0 radical (unpaired) electrons. The van der Waals surface area contributed by atoms with Crippen molar-refractivity contribution in [1.29, 1.82) is 0 Å². The Bertz CT molecular complexity index is 974. The average molecular weight is 349 g/mol. The van der Waals surface area contributed by atoms with Gasteiger partial charge in [0.25, 0.3) is 0 Å². The fraction of sp³-hybridized carbons (Fsp3) is 0.250. The van der Waals surface area contributed by atoms with E-state index in [4.69, 9.17) is 9.47 Å². The van der Waals surface area contributed by atoms with E-state index < -0.39 is 0 Å². The van der Waals surface area contributed by atoms with Gasteiger partial charge in [-0.3, -0.25) is 4.98 Å². The molecule has 0 saturated heterocycles. The van der Waals surface area contributed by atoms with Gasteiger partial charge in [0.05, 0.1) is 55.2 Å². The Labute approximate surface area is 151 Å². The normalized spacial score (nSPS) is 14.3. The number of rotatable bonds is 4. The Morgan fingerprint density at radius 3 is 2.85 bits per heavy atom. The van der Waals surface area contributed by atoms with E-state index in [0.717, 1.165) is 35.4 Å². The minimum absolute atomic E-state index is 0.310. The van der Waals surface area contributed by atoms with E-state index in [1.165, 1.54) is 5.57 Å². The van der Waals surface area contributed by atoms with Crippen LogP contribution in [-0.4, -0.2) is 40.4 Å². The standard InChI is InChI=1S/C20H19N3O3/c1-2-26-20(24)16-5-3-14(4-6-16)17-11-22-23-13-18(21-12-19(17)23)15-7-9-25-10-8-15/h3-7,11-13H,2,8-10H2,1H3. The number of hydrogen-bond donors (Lipinski definition) is 0. The maximum Gasteiger partial charge on any atom is 0.338 e. The molecule has 6 heteroatoms. The maximum atomic E-state index is 11.8. The Hall–Kier alpha value is -2.99. The number of aromatic nitrogens is 3. The van der Waals surface area contributed by atoms with Crippen LogP contribution in [0.1, 0.15) is 29.4 Å². The molecule has 6 nitrogen and oxygen atoms in total. The first-order valence-electron chi connectivity index (χ1n) is 8.64. The van der Waals surface area contributed by atoms with Crippen molar-refractivity contribution in [3.8, 4) is 11.1 Å². The molecule has 1 aliphatic heterocycles. The molecule has 4 rings (SSSR count). The molecule has 0 bridgehead atoms. The van der Waals surface area contributed by atoms with Crippen molar-refractivity contribution in [1.82, 2.24) is 14.6 Å². The van der Waals surface area contributed by atoms with Gasteiger partial charge in [0.15, 0.2) is 0 Å². The van der Waals surface area contributed by atoms with Crippen LogP contribution in [0, 0.1) is 0 Å². The van der Waals surface area contributed by atoms with E-state index in [-0.39, 0.29) is 5.97 Å². The second-order valence-electron chi connectivity index (χ2n) is 6.01. The number of esters is 1. The first-order chi connectivity index (χ1) is 12.8. The summed E-state index contributed by atoms with van der Waals surface area (Å²) in [7, 11) is 0. The van der Waals surface area contributed by atoms with Crippen LogP contribution in [0.3, 0.4) is 0 Å². The number of ether oxygens (including phenoxy) is 2. The fourth-order valence-corrected chi connectivity index (χ4v) is 3.03. The van der Waals surface area contributed by atoms with E-state index in [1.807, 2.05) is 35.2 Å². The quantitative estimate of drug-likeness (QED) is 0.676. The van der Waals surface area contributed by atoms with Crippen molar-refractivity contribution in [2.75, 3.05) is 19.8 Å². The Morgan fingerprint density at radius 2 is 2.12 bits per heavy atom. The zero-order chi connectivity index (χ0) is 17.9. The third-order valence-corrected chi connectivity index (χ3v) is 4.40. The highest BCUT2D eigenvalue weighted by atomic mass is 16.5. The molecular weight excluding hydrogens is 330 g/mol.